The van der Waals surface area contributed by atoms with Crippen molar-refractivity contribution < 1.29 is 24.1 Å². The molecule has 0 aliphatic carbocycles. The Bertz CT molecular complexity index is 400. The van der Waals surface area contributed by atoms with E-state index < -0.39 is 5.97 Å². The van der Waals surface area contributed by atoms with E-state index in [0.29, 0.717) is 11.3 Å². The van der Waals surface area contributed by atoms with Gasteiger partial charge in [-0.3, -0.25) is 0 Å². The third-order valence-corrected chi connectivity index (χ3v) is 2.13. The minimum Gasteiger partial charge on any atom is -0.464 e. The zero-order valence-electron chi connectivity index (χ0n) is 10.9. The van der Waals surface area contributed by atoms with E-state index in [9.17, 15) is 4.79 Å². The first-order valence-corrected chi connectivity index (χ1v) is 5.98. The van der Waals surface area contributed by atoms with Crippen LogP contribution in [0.25, 0.3) is 0 Å². The van der Waals surface area contributed by atoms with Gasteiger partial charge in [0, 0.05) is 0 Å². The molecule has 0 spiro atoms. The summed E-state index contributed by atoms with van der Waals surface area (Å²) in [6.45, 7) is 2.22. The summed E-state index contributed by atoms with van der Waals surface area (Å²) in [7, 11) is 0. The van der Waals surface area contributed by atoms with E-state index in [1.165, 1.54) is 6.26 Å². The molecule has 0 fully saturated rings. The van der Waals surface area contributed by atoms with E-state index >= 15 is 0 Å². The van der Waals surface area contributed by atoms with Gasteiger partial charge in [-0.25, -0.2) is 4.79 Å². The molecule has 0 unspecified atom stereocenters. The fraction of sp³-hybridized carbons (Fsp3) is 0.357. The molecular weight excluding hydrogens is 248 g/mol. The topological polar surface area (TPSA) is 65.0 Å². The molecule has 0 aliphatic rings. The van der Waals surface area contributed by atoms with E-state index in [2.05, 4.69) is 0 Å². The lowest BCUT2D eigenvalue weighted by atomic mass is 10.3. The molecule has 19 heavy (non-hydrogen) atoms. The van der Waals surface area contributed by atoms with Gasteiger partial charge in [-0.05, 0) is 19.1 Å². The summed E-state index contributed by atoms with van der Waals surface area (Å²) in [5.41, 5.74) is 0.367. The van der Waals surface area contributed by atoms with Crippen molar-refractivity contribution in [3.8, 4) is 5.75 Å². The van der Waals surface area contributed by atoms with Crippen LogP contribution in [0.2, 0.25) is 0 Å². The lowest BCUT2D eigenvalue weighted by Gasteiger charge is -2.06. The third-order valence-electron chi connectivity index (χ3n) is 2.13. The highest BCUT2D eigenvalue weighted by atomic mass is 16.6. The molecule has 0 bridgehead atoms. The molecule has 104 valence electrons. The average Bonchev–Trinajstić information content (AvgIpc) is 2.45. The van der Waals surface area contributed by atoms with Gasteiger partial charge in [-0.1, -0.05) is 18.2 Å². The number of hydrogen-bond donors (Lipinski definition) is 1. The number of rotatable bonds is 8. The molecule has 0 saturated carbocycles. The molecule has 0 amide bonds. The number of benzene rings is 1. The Morgan fingerprint density at radius 1 is 1.21 bits per heavy atom. The predicted molar refractivity (Wildman–Crippen MR) is 69.7 cm³/mol. The van der Waals surface area contributed by atoms with Crippen molar-refractivity contribution in [1.82, 2.24) is 0 Å². The summed E-state index contributed by atoms with van der Waals surface area (Å²) in [6, 6.07) is 9.14. The maximum Gasteiger partial charge on any atom is 0.336 e. The average molecular weight is 266 g/mol. The maximum absolute atomic E-state index is 11.5. The minimum absolute atomic E-state index is 0.0439. The molecule has 1 rings (SSSR count). The van der Waals surface area contributed by atoms with E-state index in [0.717, 1.165) is 0 Å². The molecule has 1 aromatic carbocycles. The standard InChI is InChI=1S/C14H18O5/c1-12(11-19-13-5-3-2-4-6-13)14(16)18-10-9-17-8-7-15/h2-6,11,15H,7-10H2,1H3. The quantitative estimate of drug-likeness (QED) is 0.334. The second-order valence-electron chi connectivity index (χ2n) is 3.70. The molecule has 0 atom stereocenters. The number of hydrogen-bond acceptors (Lipinski definition) is 5. The Labute approximate surface area is 112 Å². The first-order valence-electron chi connectivity index (χ1n) is 5.98. The number of esters is 1. The molecule has 1 N–H and O–H groups in total. The van der Waals surface area contributed by atoms with E-state index in [4.69, 9.17) is 19.3 Å². The molecule has 0 saturated heterocycles. The van der Waals surface area contributed by atoms with Gasteiger partial charge in [-0.15, -0.1) is 0 Å². The van der Waals surface area contributed by atoms with Crippen molar-refractivity contribution in [2.75, 3.05) is 26.4 Å². The van der Waals surface area contributed by atoms with Crippen LogP contribution in [0.4, 0.5) is 0 Å². The Morgan fingerprint density at radius 3 is 2.63 bits per heavy atom. The monoisotopic (exact) mass is 266 g/mol. The van der Waals surface area contributed by atoms with Crippen LogP contribution < -0.4 is 4.74 Å². The number of aliphatic hydroxyl groups excluding tert-OH is 1. The first kappa shape index (κ1) is 15.2. The number of ether oxygens (including phenoxy) is 3. The van der Waals surface area contributed by atoms with E-state index in [1.807, 2.05) is 18.2 Å². The zero-order chi connectivity index (χ0) is 13.9. The molecular formula is C14H18O5. The van der Waals surface area contributed by atoms with Crippen molar-refractivity contribution in [3.63, 3.8) is 0 Å². The molecule has 0 aromatic heterocycles. The van der Waals surface area contributed by atoms with Crippen LogP contribution >= 0.6 is 0 Å². The van der Waals surface area contributed by atoms with Crippen LogP contribution in [0.15, 0.2) is 42.2 Å². The third kappa shape index (κ3) is 6.59. The molecule has 1 aromatic rings. The summed E-state index contributed by atoms with van der Waals surface area (Å²) in [5, 5.41) is 8.48. The van der Waals surface area contributed by atoms with Gasteiger partial charge in [0.05, 0.1) is 25.4 Å². The molecule has 0 radical (unpaired) electrons. The Hall–Kier alpha value is -1.85. The van der Waals surface area contributed by atoms with E-state index in [1.54, 1.807) is 19.1 Å². The predicted octanol–water partition coefficient (Wildman–Crippen LogP) is 1.52. The molecule has 5 heteroatoms. The summed E-state index contributed by atoms with van der Waals surface area (Å²) in [6.07, 6.45) is 1.35. The van der Waals surface area contributed by atoms with Gasteiger partial charge >= 0.3 is 5.97 Å². The van der Waals surface area contributed by atoms with Crippen molar-refractivity contribution >= 4 is 5.97 Å². The minimum atomic E-state index is -0.455. The SMILES string of the molecule is CC(=COc1ccccc1)C(=O)OCCOCCO. The zero-order valence-corrected chi connectivity index (χ0v) is 10.9. The molecule has 5 nitrogen and oxygen atoms in total. The van der Waals surface area contributed by atoms with Crippen molar-refractivity contribution in [2.24, 2.45) is 0 Å². The van der Waals surface area contributed by atoms with Crippen LogP contribution in [0.1, 0.15) is 6.92 Å². The summed E-state index contributed by atoms with van der Waals surface area (Å²) < 4.78 is 15.2. The van der Waals surface area contributed by atoms with Crippen molar-refractivity contribution in [1.29, 1.82) is 0 Å². The highest BCUT2D eigenvalue weighted by Gasteiger charge is 2.06. The van der Waals surface area contributed by atoms with Gasteiger partial charge in [0.15, 0.2) is 0 Å². The van der Waals surface area contributed by atoms with Gasteiger partial charge in [0.1, 0.15) is 18.6 Å². The Balaban J connectivity index is 2.27. The van der Waals surface area contributed by atoms with Gasteiger partial charge in [0.25, 0.3) is 0 Å². The van der Waals surface area contributed by atoms with Crippen molar-refractivity contribution in [2.45, 2.75) is 6.92 Å². The van der Waals surface area contributed by atoms with Crippen molar-refractivity contribution in [3.05, 3.63) is 42.2 Å². The van der Waals surface area contributed by atoms with Crippen LogP contribution in [0.3, 0.4) is 0 Å². The summed E-state index contributed by atoms with van der Waals surface area (Å²) >= 11 is 0. The highest BCUT2D eigenvalue weighted by molar-refractivity contribution is 5.87. The van der Waals surface area contributed by atoms with E-state index in [-0.39, 0.29) is 26.4 Å². The lowest BCUT2D eigenvalue weighted by Crippen LogP contribution is -2.13. The maximum atomic E-state index is 11.5. The largest absolute Gasteiger partial charge is 0.464 e. The summed E-state index contributed by atoms with van der Waals surface area (Å²) in [5.74, 6) is 0.199. The van der Waals surface area contributed by atoms with Crippen LogP contribution in [0.5, 0.6) is 5.75 Å². The first-order chi connectivity index (χ1) is 9.24. The Morgan fingerprint density at radius 2 is 1.95 bits per heavy atom. The second-order valence-corrected chi connectivity index (χ2v) is 3.70. The number of aliphatic hydroxyl groups is 1. The molecule has 0 aliphatic heterocycles. The van der Waals surface area contributed by atoms with Gasteiger partial charge in [-0.2, -0.15) is 0 Å². The fourth-order valence-electron chi connectivity index (χ4n) is 1.18. The number of para-hydroxylation sites is 1. The smallest absolute Gasteiger partial charge is 0.336 e. The van der Waals surface area contributed by atoms with Gasteiger partial charge < -0.3 is 19.3 Å². The van der Waals surface area contributed by atoms with Crippen LogP contribution in [0, 0.1) is 0 Å². The number of carbonyl (C=O) groups is 1. The second kappa shape index (κ2) is 9.13. The fourth-order valence-corrected chi connectivity index (χ4v) is 1.18. The Kier molecular flexibility index (Phi) is 7.31. The number of carbonyl (C=O) groups excluding carboxylic acids is 1. The van der Waals surface area contributed by atoms with Crippen LogP contribution in [-0.2, 0) is 14.3 Å². The lowest BCUT2D eigenvalue weighted by molar-refractivity contribution is -0.140. The highest BCUT2D eigenvalue weighted by Crippen LogP contribution is 2.09. The molecule has 0 heterocycles. The summed E-state index contributed by atoms with van der Waals surface area (Å²) in [4.78, 5) is 11.5. The van der Waals surface area contributed by atoms with Gasteiger partial charge in [0.2, 0.25) is 0 Å². The van der Waals surface area contributed by atoms with Crippen LogP contribution in [-0.4, -0.2) is 37.5 Å². The normalized spacial score (nSPS) is 11.2.